The Morgan fingerprint density at radius 3 is 2.60 bits per heavy atom. The van der Waals surface area contributed by atoms with E-state index in [2.05, 4.69) is 37.3 Å². The number of amides is 3. The van der Waals surface area contributed by atoms with Crippen molar-refractivity contribution < 1.29 is 9.59 Å². The second kappa shape index (κ2) is 8.10. The number of carbonyl (C=O) groups is 2. The number of allylic oxidation sites excluding steroid dienone is 2. The second-order valence-corrected chi connectivity index (χ2v) is 7.04. The van der Waals surface area contributed by atoms with Crippen LogP contribution in [0.3, 0.4) is 0 Å². The first kappa shape index (κ1) is 18.9. The smallest absolute Gasteiger partial charge is 0.318 e. The Hall–Kier alpha value is -2.43. The summed E-state index contributed by atoms with van der Waals surface area (Å²) in [5.41, 5.74) is 1.01. The normalized spacial score (nSPS) is 21.5. The number of imide groups is 1. The van der Waals surface area contributed by atoms with E-state index in [1.807, 2.05) is 30.3 Å². The SMILES string of the molecule is CC(C)=CCC[C@@H](C)C/C=N\N1C(=O)N[C@@](C)(c2ccccc2)C1=O. The summed E-state index contributed by atoms with van der Waals surface area (Å²) >= 11 is 0. The van der Waals surface area contributed by atoms with Crippen LogP contribution in [-0.2, 0) is 10.3 Å². The number of hydrogen-bond acceptors (Lipinski definition) is 3. The Balaban J connectivity index is 1.98. The Kier molecular flexibility index (Phi) is 6.12. The lowest BCUT2D eigenvalue weighted by molar-refractivity contribution is -0.131. The minimum absolute atomic E-state index is 0.350. The van der Waals surface area contributed by atoms with Gasteiger partial charge in [0, 0.05) is 6.21 Å². The van der Waals surface area contributed by atoms with Gasteiger partial charge in [0.05, 0.1) is 0 Å². The van der Waals surface area contributed by atoms with Gasteiger partial charge in [0.15, 0.2) is 0 Å². The van der Waals surface area contributed by atoms with Crippen LogP contribution in [-0.4, -0.2) is 23.2 Å². The zero-order chi connectivity index (χ0) is 18.4. The maximum Gasteiger partial charge on any atom is 0.346 e. The molecule has 0 saturated carbocycles. The molecule has 1 saturated heterocycles. The van der Waals surface area contributed by atoms with Crippen LogP contribution in [0.1, 0.15) is 52.5 Å². The van der Waals surface area contributed by atoms with Gasteiger partial charge in [0.1, 0.15) is 5.54 Å². The topological polar surface area (TPSA) is 61.8 Å². The quantitative estimate of drug-likeness (QED) is 0.459. The highest BCUT2D eigenvalue weighted by Gasteiger charge is 2.49. The van der Waals surface area contributed by atoms with Crippen molar-refractivity contribution in [3.8, 4) is 0 Å². The first-order valence-electron chi connectivity index (χ1n) is 8.72. The van der Waals surface area contributed by atoms with Gasteiger partial charge in [0.2, 0.25) is 0 Å². The number of nitrogens with one attached hydrogen (secondary N) is 1. The van der Waals surface area contributed by atoms with Gasteiger partial charge < -0.3 is 5.32 Å². The van der Waals surface area contributed by atoms with Crippen molar-refractivity contribution in [2.24, 2.45) is 11.0 Å². The molecule has 0 unspecified atom stereocenters. The molecule has 1 aliphatic heterocycles. The maximum atomic E-state index is 12.7. The van der Waals surface area contributed by atoms with E-state index in [1.165, 1.54) is 5.57 Å². The third-order valence-electron chi connectivity index (χ3n) is 4.44. The summed E-state index contributed by atoms with van der Waals surface area (Å²) in [6.45, 7) is 8.03. The van der Waals surface area contributed by atoms with Crippen molar-refractivity contribution in [3.05, 3.63) is 47.5 Å². The molecule has 1 aliphatic rings. The van der Waals surface area contributed by atoms with Crippen LogP contribution < -0.4 is 5.32 Å². The molecule has 1 fully saturated rings. The Morgan fingerprint density at radius 2 is 1.96 bits per heavy atom. The molecule has 25 heavy (non-hydrogen) atoms. The lowest BCUT2D eigenvalue weighted by atomic mass is 9.92. The van der Waals surface area contributed by atoms with Crippen LogP contribution in [0.25, 0.3) is 0 Å². The fraction of sp³-hybridized carbons (Fsp3) is 0.450. The number of hydrazone groups is 1. The molecule has 2 atom stereocenters. The Bertz CT molecular complexity index is 677. The summed E-state index contributed by atoms with van der Waals surface area (Å²) in [5, 5.41) is 7.81. The summed E-state index contributed by atoms with van der Waals surface area (Å²) in [4.78, 5) is 24.9. The van der Waals surface area contributed by atoms with E-state index in [4.69, 9.17) is 0 Å². The van der Waals surface area contributed by atoms with Crippen LogP contribution in [0.2, 0.25) is 0 Å². The molecule has 1 N–H and O–H groups in total. The van der Waals surface area contributed by atoms with Gasteiger partial charge in [-0.15, -0.1) is 5.01 Å². The zero-order valence-corrected chi connectivity index (χ0v) is 15.5. The molecular formula is C20H27N3O2. The Morgan fingerprint density at radius 1 is 1.28 bits per heavy atom. The Labute approximate surface area is 149 Å². The van der Waals surface area contributed by atoms with Crippen molar-refractivity contribution in [2.45, 2.75) is 52.5 Å². The lowest BCUT2D eigenvalue weighted by Gasteiger charge is -2.20. The van der Waals surface area contributed by atoms with E-state index in [1.54, 1.807) is 13.1 Å². The van der Waals surface area contributed by atoms with E-state index in [9.17, 15) is 9.59 Å². The first-order chi connectivity index (χ1) is 11.8. The maximum absolute atomic E-state index is 12.7. The van der Waals surface area contributed by atoms with Crippen LogP contribution in [0, 0.1) is 5.92 Å². The second-order valence-electron chi connectivity index (χ2n) is 7.04. The van der Waals surface area contributed by atoms with Gasteiger partial charge in [-0.25, -0.2) is 4.79 Å². The summed E-state index contributed by atoms with van der Waals surface area (Å²) in [5.74, 6) is 0.0952. The molecule has 3 amide bonds. The van der Waals surface area contributed by atoms with E-state index in [-0.39, 0.29) is 5.91 Å². The third kappa shape index (κ3) is 4.56. The van der Waals surface area contributed by atoms with Gasteiger partial charge in [-0.2, -0.15) is 5.10 Å². The van der Waals surface area contributed by atoms with Crippen molar-refractivity contribution in [1.29, 1.82) is 0 Å². The summed E-state index contributed by atoms with van der Waals surface area (Å²) < 4.78 is 0. The number of rotatable bonds is 7. The summed E-state index contributed by atoms with van der Waals surface area (Å²) in [6.07, 6.45) is 6.71. The molecule has 0 aromatic heterocycles. The van der Waals surface area contributed by atoms with E-state index in [0.717, 1.165) is 29.8 Å². The van der Waals surface area contributed by atoms with Crippen molar-refractivity contribution >= 4 is 18.2 Å². The molecule has 5 heteroatoms. The van der Waals surface area contributed by atoms with Crippen LogP contribution in [0.4, 0.5) is 4.79 Å². The average Bonchev–Trinajstić information content (AvgIpc) is 2.79. The van der Waals surface area contributed by atoms with Gasteiger partial charge in [-0.1, -0.05) is 48.9 Å². The van der Waals surface area contributed by atoms with E-state index >= 15 is 0 Å². The number of hydrogen-bond donors (Lipinski definition) is 1. The first-order valence-corrected chi connectivity index (χ1v) is 8.72. The summed E-state index contributed by atoms with van der Waals surface area (Å²) in [7, 11) is 0. The van der Waals surface area contributed by atoms with Gasteiger partial charge in [-0.3, -0.25) is 4.79 Å². The molecule has 0 bridgehead atoms. The number of nitrogens with zero attached hydrogens (tertiary/aromatic N) is 2. The van der Waals surface area contributed by atoms with Crippen molar-refractivity contribution in [2.75, 3.05) is 0 Å². The standard InChI is InChI=1S/C20H27N3O2/c1-15(2)9-8-10-16(3)13-14-21-23-18(24)20(4,22-19(23)25)17-11-6-5-7-12-17/h5-7,9,11-12,14,16H,8,10,13H2,1-4H3,(H,22,25)/b21-14-/t16-,20+/m1/s1. The fourth-order valence-corrected chi connectivity index (χ4v) is 2.78. The van der Waals surface area contributed by atoms with Gasteiger partial charge in [0.25, 0.3) is 5.91 Å². The molecule has 1 heterocycles. The van der Waals surface area contributed by atoms with Crippen LogP contribution in [0.5, 0.6) is 0 Å². The predicted molar refractivity (Wildman–Crippen MR) is 100 cm³/mol. The van der Waals surface area contributed by atoms with Gasteiger partial charge >= 0.3 is 6.03 Å². The lowest BCUT2D eigenvalue weighted by Crippen LogP contribution is -2.40. The molecule has 134 valence electrons. The average molecular weight is 341 g/mol. The molecule has 1 aromatic carbocycles. The molecule has 0 spiro atoms. The molecule has 5 nitrogen and oxygen atoms in total. The van der Waals surface area contributed by atoms with E-state index < -0.39 is 11.6 Å². The predicted octanol–water partition coefficient (Wildman–Crippen LogP) is 4.21. The van der Waals surface area contributed by atoms with Crippen LogP contribution in [0.15, 0.2) is 47.1 Å². The van der Waals surface area contributed by atoms with Crippen molar-refractivity contribution in [1.82, 2.24) is 10.3 Å². The highest BCUT2D eigenvalue weighted by molar-refractivity contribution is 6.07. The summed E-state index contributed by atoms with van der Waals surface area (Å²) in [6, 6.07) is 8.75. The third-order valence-corrected chi connectivity index (χ3v) is 4.44. The molecular weight excluding hydrogens is 314 g/mol. The largest absolute Gasteiger partial charge is 0.346 e. The highest BCUT2D eigenvalue weighted by Crippen LogP contribution is 2.28. The zero-order valence-electron chi connectivity index (χ0n) is 15.5. The minimum atomic E-state index is -1.06. The van der Waals surface area contributed by atoms with E-state index in [0.29, 0.717) is 5.92 Å². The number of carbonyl (C=O) groups excluding carboxylic acids is 2. The minimum Gasteiger partial charge on any atom is -0.318 e. The van der Waals surface area contributed by atoms with Crippen LogP contribution >= 0.6 is 0 Å². The molecule has 1 aromatic rings. The monoisotopic (exact) mass is 341 g/mol. The molecule has 0 aliphatic carbocycles. The fourth-order valence-electron chi connectivity index (χ4n) is 2.78. The highest BCUT2D eigenvalue weighted by atomic mass is 16.2. The van der Waals surface area contributed by atoms with Gasteiger partial charge in [-0.05, 0) is 51.5 Å². The number of benzene rings is 1. The molecule has 2 rings (SSSR count). The number of urea groups is 1. The van der Waals surface area contributed by atoms with Crippen molar-refractivity contribution in [3.63, 3.8) is 0 Å². The molecule has 0 radical (unpaired) electrons.